The van der Waals surface area contributed by atoms with Crippen LogP contribution in [0.25, 0.3) is 33.3 Å². The van der Waals surface area contributed by atoms with Crippen molar-refractivity contribution < 1.29 is 4.79 Å². The number of anilines is 1. The Morgan fingerprint density at radius 2 is 1.77 bits per heavy atom. The highest BCUT2D eigenvalue weighted by Crippen LogP contribution is 2.31. The van der Waals surface area contributed by atoms with Crippen molar-refractivity contribution >= 4 is 33.5 Å². The standard InChI is InChI=1S/C23H24N6O/c24-21(30)19-15-7-1-3-9-17(15)26-20(19)23-27-18-10-4-2-8-16(18)22(28-23)25-11-14-29-12-5-6-13-29/h1-4,7-10,26H,5-6,11-14H2,(H2,24,30)(H,25,27,28). The number of amides is 1. The van der Waals surface area contributed by atoms with E-state index < -0.39 is 5.91 Å². The van der Waals surface area contributed by atoms with Gasteiger partial charge in [-0.25, -0.2) is 9.97 Å². The molecule has 3 heterocycles. The maximum Gasteiger partial charge on any atom is 0.251 e. The number of likely N-dealkylation sites (tertiary alicyclic amines) is 1. The summed E-state index contributed by atoms with van der Waals surface area (Å²) in [5.41, 5.74) is 8.36. The number of aromatic nitrogens is 3. The fourth-order valence-corrected chi connectivity index (χ4v) is 4.23. The molecule has 0 radical (unpaired) electrons. The lowest BCUT2D eigenvalue weighted by molar-refractivity contribution is 0.100. The molecular weight excluding hydrogens is 376 g/mol. The van der Waals surface area contributed by atoms with Crippen LogP contribution in [-0.4, -0.2) is 51.9 Å². The number of nitrogens with two attached hydrogens (primary N) is 1. The molecule has 0 bridgehead atoms. The van der Waals surface area contributed by atoms with E-state index in [2.05, 4.69) is 15.2 Å². The van der Waals surface area contributed by atoms with E-state index in [-0.39, 0.29) is 0 Å². The summed E-state index contributed by atoms with van der Waals surface area (Å²) in [7, 11) is 0. The van der Waals surface area contributed by atoms with E-state index in [1.807, 2.05) is 48.5 Å². The predicted octanol–water partition coefficient (Wildman–Crippen LogP) is 3.38. The Balaban J connectivity index is 1.57. The molecular formula is C23H24N6O. The quantitative estimate of drug-likeness (QED) is 0.461. The van der Waals surface area contributed by atoms with E-state index >= 15 is 0 Å². The first kappa shape index (κ1) is 18.6. The zero-order chi connectivity index (χ0) is 20.5. The van der Waals surface area contributed by atoms with Crippen LogP contribution < -0.4 is 11.1 Å². The van der Waals surface area contributed by atoms with Gasteiger partial charge in [-0.2, -0.15) is 0 Å². The highest BCUT2D eigenvalue weighted by molar-refractivity contribution is 6.11. The van der Waals surface area contributed by atoms with Crippen LogP contribution in [0, 0.1) is 0 Å². The topological polar surface area (TPSA) is 99.9 Å². The monoisotopic (exact) mass is 400 g/mol. The van der Waals surface area contributed by atoms with Crippen molar-refractivity contribution in [3.05, 3.63) is 54.1 Å². The maximum absolute atomic E-state index is 12.3. The Bertz CT molecular complexity index is 1230. The smallest absolute Gasteiger partial charge is 0.251 e. The molecule has 1 aliphatic rings. The van der Waals surface area contributed by atoms with Crippen LogP contribution in [0.4, 0.5) is 5.82 Å². The van der Waals surface area contributed by atoms with Gasteiger partial charge in [0.15, 0.2) is 5.82 Å². The lowest BCUT2D eigenvalue weighted by atomic mass is 10.1. The van der Waals surface area contributed by atoms with Crippen LogP contribution in [-0.2, 0) is 0 Å². The van der Waals surface area contributed by atoms with E-state index in [0.29, 0.717) is 17.1 Å². The van der Waals surface area contributed by atoms with Crippen LogP contribution in [0.1, 0.15) is 23.2 Å². The van der Waals surface area contributed by atoms with E-state index in [1.54, 1.807) is 0 Å². The number of fused-ring (bicyclic) bond motifs is 2. The first-order valence-corrected chi connectivity index (χ1v) is 10.3. The minimum atomic E-state index is -0.497. The molecule has 2 aromatic heterocycles. The molecule has 4 N–H and O–H groups in total. The Morgan fingerprint density at radius 1 is 1.03 bits per heavy atom. The second kappa shape index (κ2) is 7.76. The van der Waals surface area contributed by atoms with Gasteiger partial charge in [0.25, 0.3) is 5.91 Å². The van der Waals surface area contributed by atoms with Crippen molar-refractivity contribution in [3.63, 3.8) is 0 Å². The fourth-order valence-electron chi connectivity index (χ4n) is 4.23. The number of benzene rings is 2. The minimum absolute atomic E-state index is 0.420. The summed E-state index contributed by atoms with van der Waals surface area (Å²) in [5.74, 6) is 0.731. The Kier molecular flexibility index (Phi) is 4.80. The van der Waals surface area contributed by atoms with Gasteiger partial charge < -0.3 is 20.9 Å². The van der Waals surface area contributed by atoms with Crippen molar-refractivity contribution in [1.82, 2.24) is 19.9 Å². The second-order valence-corrected chi connectivity index (χ2v) is 7.67. The van der Waals surface area contributed by atoms with E-state index in [4.69, 9.17) is 15.7 Å². The number of para-hydroxylation sites is 2. The third-order valence-electron chi connectivity index (χ3n) is 5.70. The normalized spacial score (nSPS) is 14.5. The number of primary amides is 1. The first-order chi connectivity index (χ1) is 14.7. The molecule has 4 aromatic rings. The fraction of sp³-hybridized carbons (Fsp3) is 0.261. The molecule has 7 heteroatoms. The number of hydrogen-bond donors (Lipinski definition) is 3. The lowest BCUT2D eigenvalue weighted by Gasteiger charge is -2.16. The number of nitrogens with zero attached hydrogens (tertiary/aromatic N) is 3. The van der Waals surface area contributed by atoms with Gasteiger partial charge in [0.05, 0.1) is 16.8 Å². The van der Waals surface area contributed by atoms with Crippen LogP contribution >= 0.6 is 0 Å². The molecule has 0 unspecified atom stereocenters. The molecule has 1 aliphatic heterocycles. The average Bonchev–Trinajstić information content (AvgIpc) is 3.41. The van der Waals surface area contributed by atoms with Gasteiger partial charge in [-0.3, -0.25) is 4.79 Å². The molecule has 0 spiro atoms. The molecule has 2 aromatic carbocycles. The Labute approximate surface area is 174 Å². The van der Waals surface area contributed by atoms with Gasteiger partial charge in [-0.15, -0.1) is 0 Å². The van der Waals surface area contributed by atoms with Crippen LogP contribution in [0.15, 0.2) is 48.5 Å². The molecule has 0 aliphatic carbocycles. The highest BCUT2D eigenvalue weighted by Gasteiger charge is 2.21. The number of rotatable bonds is 6. The summed E-state index contributed by atoms with van der Waals surface area (Å²) in [6.07, 6.45) is 2.55. The lowest BCUT2D eigenvalue weighted by Crippen LogP contribution is -2.26. The maximum atomic E-state index is 12.3. The Hall–Kier alpha value is -3.45. The largest absolute Gasteiger partial charge is 0.368 e. The number of hydrogen-bond acceptors (Lipinski definition) is 5. The van der Waals surface area contributed by atoms with E-state index in [0.717, 1.165) is 53.8 Å². The average molecular weight is 400 g/mol. The van der Waals surface area contributed by atoms with Crippen molar-refractivity contribution in [2.75, 3.05) is 31.5 Å². The molecule has 30 heavy (non-hydrogen) atoms. The minimum Gasteiger partial charge on any atom is -0.368 e. The molecule has 1 amide bonds. The van der Waals surface area contributed by atoms with Crippen molar-refractivity contribution in [2.24, 2.45) is 5.73 Å². The van der Waals surface area contributed by atoms with Gasteiger partial charge in [-0.05, 0) is 44.1 Å². The van der Waals surface area contributed by atoms with Crippen molar-refractivity contribution in [1.29, 1.82) is 0 Å². The highest BCUT2D eigenvalue weighted by atomic mass is 16.1. The number of H-pyrrole nitrogens is 1. The number of aromatic amines is 1. The number of nitrogens with one attached hydrogen (secondary N) is 2. The molecule has 1 saturated heterocycles. The summed E-state index contributed by atoms with van der Waals surface area (Å²) in [5, 5.41) is 5.22. The molecule has 7 nitrogen and oxygen atoms in total. The first-order valence-electron chi connectivity index (χ1n) is 10.3. The van der Waals surface area contributed by atoms with Crippen molar-refractivity contribution in [2.45, 2.75) is 12.8 Å². The third-order valence-corrected chi connectivity index (χ3v) is 5.70. The third kappa shape index (κ3) is 3.37. The summed E-state index contributed by atoms with van der Waals surface area (Å²) < 4.78 is 0. The summed E-state index contributed by atoms with van der Waals surface area (Å²) >= 11 is 0. The van der Waals surface area contributed by atoms with Gasteiger partial charge in [0, 0.05) is 29.4 Å². The van der Waals surface area contributed by atoms with Crippen LogP contribution in [0.3, 0.4) is 0 Å². The zero-order valence-electron chi connectivity index (χ0n) is 16.7. The second-order valence-electron chi connectivity index (χ2n) is 7.67. The van der Waals surface area contributed by atoms with Crippen LogP contribution in [0.2, 0.25) is 0 Å². The van der Waals surface area contributed by atoms with E-state index in [1.165, 1.54) is 12.8 Å². The molecule has 0 atom stereocenters. The summed E-state index contributed by atoms with van der Waals surface area (Å²) in [4.78, 5) is 27.5. The Morgan fingerprint density at radius 3 is 2.57 bits per heavy atom. The SMILES string of the molecule is NC(=O)c1c(-c2nc(NCCN3CCCC3)c3ccccc3n2)[nH]c2ccccc12. The zero-order valence-corrected chi connectivity index (χ0v) is 16.7. The summed E-state index contributed by atoms with van der Waals surface area (Å²) in [6, 6.07) is 15.5. The summed E-state index contributed by atoms with van der Waals surface area (Å²) in [6.45, 7) is 4.10. The van der Waals surface area contributed by atoms with Gasteiger partial charge in [-0.1, -0.05) is 30.3 Å². The molecule has 0 saturated carbocycles. The predicted molar refractivity (Wildman–Crippen MR) is 120 cm³/mol. The van der Waals surface area contributed by atoms with Gasteiger partial charge in [0.2, 0.25) is 0 Å². The molecule has 1 fully saturated rings. The van der Waals surface area contributed by atoms with Gasteiger partial charge >= 0.3 is 0 Å². The molecule has 152 valence electrons. The van der Waals surface area contributed by atoms with Crippen LogP contribution in [0.5, 0.6) is 0 Å². The van der Waals surface area contributed by atoms with Gasteiger partial charge in [0.1, 0.15) is 5.82 Å². The molecule has 5 rings (SSSR count). The number of carbonyl (C=O) groups excluding carboxylic acids is 1. The van der Waals surface area contributed by atoms with Crippen molar-refractivity contribution in [3.8, 4) is 11.5 Å². The van der Waals surface area contributed by atoms with E-state index in [9.17, 15) is 4.79 Å². The number of carbonyl (C=O) groups is 1.